The maximum Gasteiger partial charge on any atom is 0.323 e. The molecule has 1 amide bonds. The summed E-state index contributed by atoms with van der Waals surface area (Å²) in [5.41, 5.74) is 0.925. The van der Waals surface area contributed by atoms with E-state index in [1.54, 1.807) is 29.2 Å². The van der Waals surface area contributed by atoms with Crippen molar-refractivity contribution in [1.82, 2.24) is 14.9 Å². The fourth-order valence-corrected chi connectivity index (χ4v) is 4.42. The number of benzene rings is 2. The Morgan fingerprint density at radius 3 is 2.72 bits per heavy atom. The Labute approximate surface area is 166 Å². The van der Waals surface area contributed by atoms with Crippen molar-refractivity contribution in [3.63, 3.8) is 0 Å². The van der Waals surface area contributed by atoms with E-state index in [0.717, 1.165) is 0 Å². The van der Waals surface area contributed by atoms with Crippen molar-refractivity contribution in [3.8, 4) is 0 Å². The van der Waals surface area contributed by atoms with E-state index < -0.39 is 15.7 Å². The first-order chi connectivity index (χ1) is 13.8. The van der Waals surface area contributed by atoms with Crippen LogP contribution in [0, 0.1) is 0 Å². The van der Waals surface area contributed by atoms with Crippen molar-refractivity contribution in [2.24, 2.45) is 0 Å². The molecule has 4 rings (SSSR count). The lowest BCUT2D eigenvalue weighted by atomic mass is 10.1. The second-order valence-electron chi connectivity index (χ2n) is 6.87. The first-order valence-electron chi connectivity index (χ1n) is 9.08. The third-order valence-electron chi connectivity index (χ3n) is 4.73. The molecule has 3 N–H and O–H groups in total. The molecule has 0 bridgehead atoms. The van der Waals surface area contributed by atoms with Crippen LogP contribution in [-0.2, 0) is 14.8 Å². The standard InChI is InChI=1S/C19H20N4O5S/c1-12-11-23(8-9-28-12)18(24)14-4-2-3-5-15(14)22-29(26,27)13-6-7-16-17(10-13)21-19(25)20-16/h2-7,10,12,22H,8-9,11H2,1H3,(H2,20,21,25)/t12-/m1/s1. The molecule has 0 saturated carbocycles. The Balaban J connectivity index is 1.64. The number of fused-ring (bicyclic) bond motifs is 1. The van der Waals surface area contributed by atoms with Crippen LogP contribution < -0.4 is 10.4 Å². The molecular formula is C19H20N4O5S. The van der Waals surface area contributed by atoms with Crippen LogP contribution in [-0.4, -0.2) is 55.0 Å². The van der Waals surface area contributed by atoms with Gasteiger partial charge in [-0.05, 0) is 37.3 Å². The molecule has 1 aliphatic heterocycles. The number of carbonyl (C=O) groups excluding carboxylic acids is 1. The molecular weight excluding hydrogens is 396 g/mol. The lowest BCUT2D eigenvalue weighted by Crippen LogP contribution is -2.44. The van der Waals surface area contributed by atoms with Crippen LogP contribution in [0.5, 0.6) is 0 Å². The molecule has 9 nitrogen and oxygen atoms in total. The van der Waals surface area contributed by atoms with Crippen LogP contribution in [0.2, 0.25) is 0 Å². The summed E-state index contributed by atoms with van der Waals surface area (Å²) in [6, 6.07) is 10.7. The first kappa shape index (κ1) is 19.2. The van der Waals surface area contributed by atoms with Gasteiger partial charge in [-0.1, -0.05) is 12.1 Å². The van der Waals surface area contributed by atoms with E-state index in [-0.39, 0.29) is 28.2 Å². The third-order valence-corrected chi connectivity index (χ3v) is 6.09. The number of sulfonamides is 1. The van der Waals surface area contributed by atoms with E-state index in [1.165, 1.54) is 18.2 Å². The molecule has 3 aromatic rings. The summed E-state index contributed by atoms with van der Waals surface area (Å²) in [6.45, 7) is 3.21. The van der Waals surface area contributed by atoms with Gasteiger partial charge in [0.25, 0.3) is 15.9 Å². The van der Waals surface area contributed by atoms with Crippen molar-refractivity contribution >= 4 is 32.7 Å². The van der Waals surface area contributed by atoms with Crippen molar-refractivity contribution in [1.29, 1.82) is 0 Å². The second kappa shape index (κ2) is 7.37. The molecule has 1 aliphatic rings. The van der Waals surface area contributed by atoms with Gasteiger partial charge in [0.05, 0.1) is 39.9 Å². The minimum atomic E-state index is -3.97. The summed E-state index contributed by atoms with van der Waals surface area (Å²) >= 11 is 0. The molecule has 10 heteroatoms. The molecule has 152 valence electrons. The van der Waals surface area contributed by atoms with Gasteiger partial charge in [0, 0.05) is 13.1 Å². The Morgan fingerprint density at radius 1 is 1.17 bits per heavy atom. The Bertz CT molecular complexity index is 1230. The molecule has 0 aliphatic carbocycles. The Hall–Kier alpha value is -3.11. The molecule has 1 fully saturated rings. The molecule has 0 radical (unpaired) electrons. The van der Waals surface area contributed by atoms with Gasteiger partial charge in [0.15, 0.2) is 0 Å². The van der Waals surface area contributed by atoms with Gasteiger partial charge < -0.3 is 19.6 Å². The van der Waals surface area contributed by atoms with Crippen LogP contribution in [0.25, 0.3) is 11.0 Å². The molecule has 1 atom stereocenters. The molecule has 0 spiro atoms. The third kappa shape index (κ3) is 3.89. The van der Waals surface area contributed by atoms with Crippen molar-refractivity contribution in [2.75, 3.05) is 24.4 Å². The fraction of sp³-hybridized carbons (Fsp3) is 0.263. The van der Waals surface area contributed by atoms with Gasteiger partial charge in [-0.2, -0.15) is 0 Å². The fourth-order valence-electron chi connectivity index (χ4n) is 3.31. The summed E-state index contributed by atoms with van der Waals surface area (Å²) in [5, 5.41) is 0. The number of anilines is 1. The summed E-state index contributed by atoms with van der Waals surface area (Å²) in [5.74, 6) is -0.260. The van der Waals surface area contributed by atoms with Gasteiger partial charge in [-0.15, -0.1) is 0 Å². The minimum absolute atomic E-state index is 0.0255. The summed E-state index contributed by atoms with van der Waals surface area (Å²) in [4.78, 5) is 31.1. The normalized spacial score (nSPS) is 17.4. The number of aromatic nitrogens is 2. The zero-order chi connectivity index (χ0) is 20.6. The number of rotatable bonds is 4. The quantitative estimate of drug-likeness (QED) is 0.595. The average Bonchev–Trinajstić information content (AvgIpc) is 3.07. The van der Waals surface area contributed by atoms with Crippen LogP contribution in [0.4, 0.5) is 5.69 Å². The van der Waals surface area contributed by atoms with E-state index in [1.807, 2.05) is 6.92 Å². The lowest BCUT2D eigenvalue weighted by Gasteiger charge is -2.31. The number of nitrogens with zero attached hydrogens (tertiary/aromatic N) is 1. The maximum atomic E-state index is 13.0. The van der Waals surface area contributed by atoms with Gasteiger partial charge in [0.2, 0.25) is 0 Å². The molecule has 1 aromatic heterocycles. The number of para-hydroxylation sites is 1. The maximum absolute atomic E-state index is 13.0. The number of hydrogen-bond acceptors (Lipinski definition) is 5. The minimum Gasteiger partial charge on any atom is -0.375 e. The van der Waals surface area contributed by atoms with Gasteiger partial charge >= 0.3 is 5.69 Å². The summed E-state index contributed by atoms with van der Waals surface area (Å²) in [6.07, 6.45) is -0.0770. The number of imidazole rings is 1. The first-order valence-corrected chi connectivity index (χ1v) is 10.6. The number of morpholine rings is 1. The number of hydrogen-bond donors (Lipinski definition) is 3. The van der Waals surface area contributed by atoms with Crippen molar-refractivity contribution in [3.05, 3.63) is 58.5 Å². The van der Waals surface area contributed by atoms with Crippen LogP contribution in [0.3, 0.4) is 0 Å². The highest BCUT2D eigenvalue weighted by molar-refractivity contribution is 7.92. The van der Waals surface area contributed by atoms with Crippen LogP contribution in [0.1, 0.15) is 17.3 Å². The molecule has 1 saturated heterocycles. The highest BCUT2D eigenvalue weighted by atomic mass is 32.2. The van der Waals surface area contributed by atoms with Crippen molar-refractivity contribution in [2.45, 2.75) is 17.9 Å². The number of amides is 1. The zero-order valence-corrected chi connectivity index (χ0v) is 16.5. The average molecular weight is 416 g/mol. The van der Waals surface area contributed by atoms with E-state index in [9.17, 15) is 18.0 Å². The molecule has 2 aromatic carbocycles. The highest BCUT2D eigenvalue weighted by Gasteiger charge is 2.25. The zero-order valence-electron chi connectivity index (χ0n) is 15.6. The predicted octanol–water partition coefficient (Wildman–Crippen LogP) is 1.52. The SMILES string of the molecule is C[C@@H]1CN(C(=O)c2ccccc2NS(=O)(=O)c2ccc3[nH]c(=O)[nH]c3c2)CCO1. The number of nitrogens with one attached hydrogen (secondary N) is 3. The summed E-state index contributed by atoms with van der Waals surface area (Å²) in [7, 11) is -3.97. The van der Waals surface area contributed by atoms with Crippen LogP contribution in [0.15, 0.2) is 52.2 Å². The smallest absolute Gasteiger partial charge is 0.323 e. The molecule has 2 heterocycles. The highest BCUT2D eigenvalue weighted by Crippen LogP contribution is 2.23. The van der Waals surface area contributed by atoms with E-state index in [2.05, 4.69) is 14.7 Å². The topological polar surface area (TPSA) is 124 Å². The number of aromatic amines is 2. The van der Waals surface area contributed by atoms with Crippen LogP contribution >= 0.6 is 0 Å². The largest absolute Gasteiger partial charge is 0.375 e. The molecule has 0 unspecified atom stereocenters. The van der Waals surface area contributed by atoms with Gasteiger partial charge in [-0.25, -0.2) is 13.2 Å². The van der Waals surface area contributed by atoms with E-state index in [4.69, 9.17) is 4.74 Å². The van der Waals surface area contributed by atoms with Crippen molar-refractivity contribution < 1.29 is 17.9 Å². The second-order valence-corrected chi connectivity index (χ2v) is 8.55. The van der Waals surface area contributed by atoms with Gasteiger partial charge in [-0.3, -0.25) is 9.52 Å². The number of ether oxygens (including phenoxy) is 1. The summed E-state index contributed by atoms with van der Waals surface area (Å²) < 4.78 is 33.8. The Morgan fingerprint density at radius 2 is 1.93 bits per heavy atom. The predicted molar refractivity (Wildman–Crippen MR) is 107 cm³/mol. The van der Waals surface area contributed by atoms with E-state index >= 15 is 0 Å². The lowest BCUT2D eigenvalue weighted by molar-refractivity contribution is -0.0123. The number of carbonyl (C=O) groups is 1. The van der Waals surface area contributed by atoms with E-state index in [0.29, 0.717) is 30.7 Å². The number of H-pyrrole nitrogens is 2. The monoisotopic (exact) mass is 416 g/mol. The molecule has 29 heavy (non-hydrogen) atoms. The van der Waals surface area contributed by atoms with Gasteiger partial charge in [0.1, 0.15) is 0 Å². The Kier molecular flexibility index (Phi) is 4.89.